The topological polar surface area (TPSA) is 72.2 Å². The molecule has 0 saturated carbocycles. The molecule has 3 aromatic rings. The first kappa shape index (κ1) is 17.0. The van der Waals surface area contributed by atoms with Crippen molar-refractivity contribution in [3.63, 3.8) is 0 Å². The molecule has 24 heavy (non-hydrogen) atoms. The summed E-state index contributed by atoms with van der Waals surface area (Å²) < 4.78 is 1.36. The predicted molar refractivity (Wildman–Crippen MR) is 99.4 cm³/mol. The van der Waals surface area contributed by atoms with E-state index in [-0.39, 0.29) is 11.6 Å². The summed E-state index contributed by atoms with van der Waals surface area (Å²) >= 11 is 3.07. The fourth-order valence-corrected chi connectivity index (χ4v) is 4.16. The normalized spacial score (nSPS) is 12.9. The summed E-state index contributed by atoms with van der Waals surface area (Å²) in [6.07, 6.45) is 1.77. The number of aryl methyl sites for hydroxylation is 1. The molecular formula is C16H21N5OS2. The van der Waals surface area contributed by atoms with Crippen LogP contribution in [0, 0.1) is 0 Å². The van der Waals surface area contributed by atoms with E-state index in [4.69, 9.17) is 0 Å². The maximum absolute atomic E-state index is 12.2. The zero-order valence-electron chi connectivity index (χ0n) is 14.2. The number of hydrogen-bond acceptors (Lipinski definition) is 7. The van der Waals surface area contributed by atoms with E-state index in [0.29, 0.717) is 16.0 Å². The Morgan fingerprint density at radius 2 is 2.08 bits per heavy atom. The van der Waals surface area contributed by atoms with Crippen molar-refractivity contribution in [3.05, 3.63) is 38.2 Å². The molecule has 0 spiro atoms. The van der Waals surface area contributed by atoms with Gasteiger partial charge in [-0.2, -0.15) is 4.52 Å². The van der Waals surface area contributed by atoms with Gasteiger partial charge in [0.05, 0.1) is 16.7 Å². The van der Waals surface area contributed by atoms with Gasteiger partial charge in [0, 0.05) is 23.1 Å². The Hall–Kier alpha value is -1.80. The van der Waals surface area contributed by atoms with Crippen molar-refractivity contribution >= 4 is 32.8 Å². The number of hydrogen-bond donors (Lipinski definition) is 1. The Balaban J connectivity index is 1.84. The quantitative estimate of drug-likeness (QED) is 0.720. The van der Waals surface area contributed by atoms with Gasteiger partial charge >= 0.3 is 0 Å². The van der Waals surface area contributed by atoms with Gasteiger partial charge in [-0.3, -0.25) is 4.79 Å². The molecule has 1 N–H and O–H groups in total. The van der Waals surface area contributed by atoms with Gasteiger partial charge in [0.25, 0.3) is 5.56 Å². The predicted octanol–water partition coefficient (Wildman–Crippen LogP) is 3.86. The van der Waals surface area contributed by atoms with Crippen LogP contribution in [0.4, 0.5) is 5.13 Å². The minimum absolute atomic E-state index is 0.0279. The minimum atomic E-state index is -0.129. The lowest BCUT2D eigenvalue weighted by molar-refractivity contribution is 0.792. The average molecular weight is 364 g/mol. The van der Waals surface area contributed by atoms with Crippen molar-refractivity contribution in [2.45, 2.75) is 52.5 Å². The number of aromatic nitrogens is 4. The number of nitrogens with one attached hydrogen (secondary N) is 1. The smallest absolute Gasteiger partial charge is 0.275 e. The maximum atomic E-state index is 12.2. The molecule has 0 amide bonds. The monoisotopic (exact) mass is 363 g/mol. The van der Waals surface area contributed by atoms with Crippen LogP contribution >= 0.6 is 22.7 Å². The number of rotatable bonds is 6. The number of thiazole rings is 1. The zero-order chi connectivity index (χ0) is 17.3. The second-order valence-electron chi connectivity index (χ2n) is 6.07. The molecule has 0 saturated heterocycles. The molecule has 3 rings (SSSR count). The molecule has 0 aliphatic heterocycles. The highest BCUT2D eigenvalue weighted by atomic mass is 32.1. The summed E-state index contributed by atoms with van der Waals surface area (Å²) in [5.41, 5.74) is 1.69. The second kappa shape index (κ2) is 6.98. The molecular weight excluding hydrogens is 342 g/mol. The third-order valence-electron chi connectivity index (χ3n) is 3.62. The van der Waals surface area contributed by atoms with E-state index >= 15 is 0 Å². The highest BCUT2D eigenvalue weighted by molar-refractivity contribution is 7.20. The molecule has 0 aliphatic rings. The van der Waals surface area contributed by atoms with E-state index in [0.717, 1.165) is 29.2 Å². The molecule has 0 aromatic carbocycles. The van der Waals surface area contributed by atoms with Crippen LogP contribution in [-0.4, -0.2) is 19.6 Å². The van der Waals surface area contributed by atoms with Crippen LogP contribution in [0.1, 0.15) is 62.5 Å². The van der Waals surface area contributed by atoms with Gasteiger partial charge in [-0.25, -0.2) is 9.97 Å². The van der Waals surface area contributed by atoms with Gasteiger partial charge in [0.15, 0.2) is 0 Å². The van der Waals surface area contributed by atoms with E-state index in [1.165, 1.54) is 15.9 Å². The first-order valence-electron chi connectivity index (χ1n) is 8.09. The lowest BCUT2D eigenvalue weighted by Crippen LogP contribution is -2.16. The van der Waals surface area contributed by atoms with Gasteiger partial charge in [0.1, 0.15) is 0 Å². The summed E-state index contributed by atoms with van der Waals surface area (Å²) in [5, 5.41) is 11.6. The number of fused-ring (bicyclic) bond motifs is 1. The molecule has 1 atom stereocenters. The molecule has 1 unspecified atom stereocenters. The molecule has 6 nitrogen and oxygen atoms in total. The lowest BCUT2D eigenvalue weighted by Gasteiger charge is -2.09. The van der Waals surface area contributed by atoms with Crippen LogP contribution in [0.5, 0.6) is 0 Å². The van der Waals surface area contributed by atoms with Crippen LogP contribution in [0.3, 0.4) is 0 Å². The molecule has 8 heteroatoms. The summed E-state index contributed by atoms with van der Waals surface area (Å²) in [7, 11) is 0. The lowest BCUT2D eigenvalue weighted by atomic mass is 10.2. The molecule has 0 aliphatic carbocycles. The standard InChI is InChI=1S/C16H21N5OS2/c1-5-6-11-7-13(22)21-16(18-11)24-15(20-21)17-10(4)12-8-23-14(19-12)9(2)3/h7-10H,5-6H2,1-4H3,(H,17,20). The van der Waals surface area contributed by atoms with Crippen molar-refractivity contribution in [1.29, 1.82) is 0 Å². The summed E-state index contributed by atoms with van der Waals surface area (Å²) in [4.78, 5) is 22.0. The van der Waals surface area contributed by atoms with Gasteiger partial charge < -0.3 is 5.32 Å². The van der Waals surface area contributed by atoms with Gasteiger partial charge in [-0.1, -0.05) is 38.5 Å². The largest absolute Gasteiger partial charge is 0.352 e. The van der Waals surface area contributed by atoms with Crippen molar-refractivity contribution in [3.8, 4) is 0 Å². The number of anilines is 1. The molecule has 0 fully saturated rings. The fraction of sp³-hybridized carbons (Fsp3) is 0.500. The molecule has 0 bridgehead atoms. The zero-order valence-corrected chi connectivity index (χ0v) is 15.9. The minimum Gasteiger partial charge on any atom is -0.352 e. The second-order valence-corrected chi connectivity index (χ2v) is 7.91. The Morgan fingerprint density at radius 3 is 2.75 bits per heavy atom. The Labute approximate surface area is 148 Å². The molecule has 3 heterocycles. The van der Waals surface area contributed by atoms with E-state index in [9.17, 15) is 4.79 Å². The van der Waals surface area contributed by atoms with E-state index < -0.39 is 0 Å². The Kier molecular flexibility index (Phi) is 4.96. The highest BCUT2D eigenvalue weighted by Gasteiger charge is 2.15. The van der Waals surface area contributed by atoms with Crippen molar-refractivity contribution in [2.75, 3.05) is 5.32 Å². The average Bonchev–Trinajstić information content (AvgIpc) is 3.14. The summed E-state index contributed by atoms with van der Waals surface area (Å²) in [6, 6.07) is 1.60. The van der Waals surface area contributed by atoms with Crippen LogP contribution in [0.2, 0.25) is 0 Å². The first-order valence-corrected chi connectivity index (χ1v) is 9.79. The van der Waals surface area contributed by atoms with Gasteiger partial charge in [0.2, 0.25) is 10.1 Å². The summed E-state index contributed by atoms with van der Waals surface area (Å²) in [6.45, 7) is 8.40. The summed E-state index contributed by atoms with van der Waals surface area (Å²) in [5.74, 6) is 0.429. The fourth-order valence-electron chi connectivity index (χ4n) is 2.32. The van der Waals surface area contributed by atoms with Gasteiger partial charge in [-0.05, 0) is 13.3 Å². The molecule has 128 valence electrons. The highest BCUT2D eigenvalue weighted by Crippen LogP contribution is 2.26. The van der Waals surface area contributed by atoms with Crippen LogP contribution in [0.15, 0.2) is 16.2 Å². The van der Waals surface area contributed by atoms with Gasteiger partial charge in [-0.15, -0.1) is 16.4 Å². The van der Waals surface area contributed by atoms with Crippen molar-refractivity contribution in [2.24, 2.45) is 0 Å². The molecule has 3 aromatic heterocycles. The van der Waals surface area contributed by atoms with Crippen LogP contribution in [-0.2, 0) is 6.42 Å². The van der Waals surface area contributed by atoms with Crippen LogP contribution in [0.25, 0.3) is 4.96 Å². The maximum Gasteiger partial charge on any atom is 0.275 e. The van der Waals surface area contributed by atoms with E-state index in [1.54, 1.807) is 17.4 Å². The number of nitrogens with zero attached hydrogens (tertiary/aromatic N) is 4. The Bertz CT molecular complexity index is 895. The SMILES string of the molecule is CCCc1cc(=O)n2nc(NC(C)c3csc(C(C)C)n3)sc2n1. The van der Waals surface area contributed by atoms with E-state index in [2.05, 4.69) is 46.5 Å². The third kappa shape index (κ3) is 3.49. The van der Waals surface area contributed by atoms with Crippen molar-refractivity contribution < 1.29 is 0 Å². The van der Waals surface area contributed by atoms with E-state index in [1.807, 2.05) is 6.92 Å². The molecule has 0 radical (unpaired) electrons. The first-order chi connectivity index (χ1) is 11.5. The van der Waals surface area contributed by atoms with Crippen LogP contribution < -0.4 is 10.9 Å². The third-order valence-corrected chi connectivity index (χ3v) is 5.62. The van der Waals surface area contributed by atoms with Crippen molar-refractivity contribution in [1.82, 2.24) is 19.6 Å². The Morgan fingerprint density at radius 1 is 1.29 bits per heavy atom.